The van der Waals surface area contributed by atoms with Crippen LogP contribution in [0.1, 0.15) is 69.9 Å². The molecule has 0 heterocycles. The fourth-order valence-electron chi connectivity index (χ4n) is 3.43. The normalized spacial score (nSPS) is 22.0. The Bertz CT molecular complexity index is 548. The Balaban J connectivity index is 2.24. The van der Waals surface area contributed by atoms with E-state index in [-0.39, 0.29) is 17.1 Å². The molecule has 0 aliphatic heterocycles. The third-order valence-corrected chi connectivity index (χ3v) is 4.95. The minimum atomic E-state index is -0.617. The van der Waals surface area contributed by atoms with Gasteiger partial charge in [-0.25, -0.2) is 0 Å². The summed E-state index contributed by atoms with van der Waals surface area (Å²) in [6.45, 7) is 8.59. The van der Waals surface area contributed by atoms with Crippen LogP contribution < -0.4 is 0 Å². The van der Waals surface area contributed by atoms with Crippen LogP contribution in [0.3, 0.4) is 0 Å². The summed E-state index contributed by atoms with van der Waals surface area (Å²) in [4.78, 5) is 12.8. The summed E-state index contributed by atoms with van der Waals surface area (Å²) in [5.41, 5.74) is 2.11. The third kappa shape index (κ3) is 3.18. The van der Waals surface area contributed by atoms with Crippen molar-refractivity contribution < 1.29 is 4.79 Å². The van der Waals surface area contributed by atoms with Crippen molar-refractivity contribution in [2.75, 3.05) is 0 Å². The lowest BCUT2D eigenvalue weighted by molar-refractivity contribution is -0.125. The second-order valence-electron chi connectivity index (χ2n) is 7.22. The lowest BCUT2D eigenvalue weighted by atomic mass is 9.75. The third-order valence-electron chi connectivity index (χ3n) is 4.95. The van der Waals surface area contributed by atoms with Crippen LogP contribution in [0.2, 0.25) is 0 Å². The van der Waals surface area contributed by atoms with Gasteiger partial charge in [-0.15, -0.1) is 0 Å². The molecule has 112 valence electrons. The van der Waals surface area contributed by atoms with Crippen LogP contribution in [0.25, 0.3) is 0 Å². The molecule has 0 saturated heterocycles. The number of hydrogen-bond acceptors (Lipinski definition) is 2. The Morgan fingerprint density at radius 1 is 1.24 bits per heavy atom. The maximum Gasteiger partial charge on any atom is 0.158 e. The average molecular weight is 283 g/mol. The van der Waals surface area contributed by atoms with Gasteiger partial charge in [0.25, 0.3) is 0 Å². The minimum absolute atomic E-state index is 0.0203. The molecule has 2 nitrogen and oxygen atoms in total. The largest absolute Gasteiger partial charge is 0.298 e. The Kier molecular flexibility index (Phi) is 4.52. The second kappa shape index (κ2) is 6.02. The first-order valence-electron chi connectivity index (χ1n) is 7.90. The van der Waals surface area contributed by atoms with Crippen LogP contribution >= 0.6 is 0 Å². The van der Waals surface area contributed by atoms with Crippen LogP contribution in [0.5, 0.6) is 0 Å². The maximum absolute atomic E-state index is 12.8. The predicted molar refractivity (Wildman–Crippen MR) is 85.0 cm³/mol. The molecule has 0 amide bonds. The number of nitriles is 1. The Hall–Kier alpha value is -1.62. The van der Waals surface area contributed by atoms with Crippen LogP contribution in [0.4, 0.5) is 0 Å². The smallest absolute Gasteiger partial charge is 0.158 e. The number of nitrogens with zero attached hydrogens (tertiary/aromatic N) is 1. The standard InChI is InChI=1S/C19H25NO/c1-13(2)14-7-9-15(10-8-14)16(12-20)18(21)17-6-5-11-19(17,3)4/h7-10,13,16-17H,5-6,11H2,1-4H3. The molecule has 0 N–H and O–H groups in total. The van der Waals surface area contributed by atoms with Crippen molar-refractivity contribution in [2.45, 2.75) is 58.8 Å². The molecule has 1 aromatic carbocycles. The molecule has 2 heteroatoms. The number of carbonyl (C=O) groups excluding carboxylic acids is 1. The van der Waals surface area contributed by atoms with Crippen LogP contribution in [0, 0.1) is 22.7 Å². The molecule has 1 aliphatic carbocycles. The molecule has 1 aliphatic rings. The molecule has 0 spiro atoms. The lowest BCUT2D eigenvalue weighted by Gasteiger charge is -2.27. The zero-order valence-electron chi connectivity index (χ0n) is 13.5. The quantitative estimate of drug-likeness (QED) is 0.795. The topological polar surface area (TPSA) is 40.9 Å². The molecule has 0 radical (unpaired) electrons. The molecule has 1 fully saturated rings. The summed E-state index contributed by atoms with van der Waals surface area (Å²) < 4.78 is 0. The van der Waals surface area contributed by atoms with E-state index in [1.165, 1.54) is 5.56 Å². The van der Waals surface area contributed by atoms with E-state index in [0.29, 0.717) is 5.92 Å². The first-order valence-corrected chi connectivity index (χ1v) is 7.90. The van der Waals surface area contributed by atoms with E-state index >= 15 is 0 Å². The van der Waals surface area contributed by atoms with Crippen LogP contribution in [0.15, 0.2) is 24.3 Å². The van der Waals surface area contributed by atoms with Gasteiger partial charge in [-0.3, -0.25) is 4.79 Å². The maximum atomic E-state index is 12.8. The summed E-state index contributed by atoms with van der Waals surface area (Å²) in [7, 11) is 0. The van der Waals surface area contributed by atoms with Gasteiger partial charge in [0, 0.05) is 5.92 Å². The number of rotatable bonds is 4. The average Bonchev–Trinajstić information content (AvgIpc) is 2.79. The Morgan fingerprint density at radius 3 is 2.24 bits per heavy atom. The van der Waals surface area contributed by atoms with Gasteiger partial charge >= 0.3 is 0 Å². The first kappa shape index (κ1) is 15.8. The highest BCUT2D eigenvalue weighted by atomic mass is 16.1. The molecule has 2 atom stereocenters. The van der Waals surface area contributed by atoms with E-state index in [2.05, 4.69) is 33.8 Å². The molecule has 1 aromatic rings. The highest BCUT2D eigenvalue weighted by molar-refractivity contribution is 5.91. The highest BCUT2D eigenvalue weighted by Crippen LogP contribution is 2.45. The highest BCUT2D eigenvalue weighted by Gasteiger charge is 2.42. The molecule has 21 heavy (non-hydrogen) atoms. The van der Waals surface area contributed by atoms with E-state index in [9.17, 15) is 10.1 Å². The van der Waals surface area contributed by atoms with E-state index < -0.39 is 5.92 Å². The SMILES string of the molecule is CC(C)c1ccc(C(C#N)C(=O)C2CCCC2(C)C)cc1. The fourth-order valence-corrected chi connectivity index (χ4v) is 3.43. The summed E-state index contributed by atoms with van der Waals surface area (Å²) in [6.07, 6.45) is 3.09. The van der Waals surface area contributed by atoms with Crippen molar-refractivity contribution in [2.24, 2.45) is 11.3 Å². The lowest BCUT2D eigenvalue weighted by Crippen LogP contribution is -2.29. The minimum Gasteiger partial charge on any atom is -0.298 e. The van der Waals surface area contributed by atoms with Gasteiger partial charge < -0.3 is 0 Å². The number of carbonyl (C=O) groups is 1. The van der Waals surface area contributed by atoms with Crippen molar-refractivity contribution in [1.82, 2.24) is 0 Å². The molecular weight excluding hydrogens is 258 g/mol. The number of benzene rings is 1. The van der Waals surface area contributed by atoms with Gasteiger partial charge in [0.2, 0.25) is 0 Å². The molecule has 2 unspecified atom stereocenters. The van der Waals surface area contributed by atoms with Gasteiger partial charge in [-0.1, -0.05) is 58.4 Å². The fraction of sp³-hybridized carbons (Fsp3) is 0.579. The molecule has 1 saturated carbocycles. The van der Waals surface area contributed by atoms with Crippen molar-refractivity contribution in [3.05, 3.63) is 35.4 Å². The van der Waals surface area contributed by atoms with Crippen molar-refractivity contribution >= 4 is 5.78 Å². The molecule has 2 rings (SSSR count). The molecule has 0 aromatic heterocycles. The summed E-state index contributed by atoms with van der Waals surface area (Å²) in [6, 6.07) is 10.2. The van der Waals surface area contributed by atoms with E-state index in [0.717, 1.165) is 24.8 Å². The number of Topliss-reactive ketones (excluding diaryl/α,β-unsaturated/α-hetero) is 1. The summed E-state index contributed by atoms with van der Waals surface area (Å²) >= 11 is 0. The Morgan fingerprint density at radius 2 is 1.81 bits per heavy atom. The van der Waals surface area contributed by atoms with Crippen molar-refractivity contribution in [1.29, 1.82) is 5.26 Å². The van der Waals surface area contributed by atoms with Gasteiger partial charge in [-0.05, 0) is 35.3 Å². The summed E-state index contributed by atoms with van der Waals surface area (Å²) in [5, 5.41) is 9.49. The second-order valence-corrected chi connectivity index (χ2v) is 7.22. The number of ketones is 1. The molecule has 0 bridgehead atoms. The molecular formula is C19H25NO. The number of hydrogen-bond donors (Lipinski definition) is 0. The van der Waals surface area contributed by atoms with Gasteiger partial charge in [-0.2, -0.15) is 5.26 Å². The van der Waals surface area contributed by atoms with Gasteiger partial charge in [0.15, 0.2) is 5.78 Å². The van der Waals surface area contributed by atoms with Crippen molar-refractivity contribution in [3.63, 3.8) is 0 Å². The van der Waals surface area contributed by atoms with Gasteiger partial charge in [0.1, 0.15) is 5.92 Å². The summed E-state index contributed by atoms with van der Waals surface area (Å²) in [5.74, 6) is -0.0261. The van der Waals surface area contributed by atoms with Gasteiger partial charge in [0.05, 0.1) is 6.07 Å². The van der Waals surface area contributed by atoms with Crippen molar-refractivity contribution in [3.8, 4) is 6.07 Å². The Labute approximate surface area is 128 Å². The zero-order chi connectivity index (χ0) is 15.6. The van der Waals surface area contributed by atoms with E-state index in [1.54, 1.807) is 0 Å². The monoisotopic (exact) mass is 283 g/mol. The first-order chi connectivity index (χ1) is 9.86. The van der Waals surface area contributed by atoms with E-state index in [1.807, 2.05) is 24.3 Å². The van der Waals surface area contributed by atoms with Crippen LogP contribution in [-0.2, 0) is 4.79 Å². The van der Waals surface area contributed by atoms with E-state index in [4.69, 9.17) is 0 Å². The zero-order valence-corrected chi connectivity index (χ0v) is 13.5. The predicted octanol–water partition coefficient (Wildman–Crippen LogP) is 4.81. The van der Waals surface area contributed by atoms with Crippen LogP contribution in [-0.4, -0.2) is 5.78 Å².